The molecule has 0 bridgehead atoms. The van der Waals surface area contributed by atoms with Crippen molar-refractivity contribution in [3.8, 4) is 0 Å². The minimum absolute atomic E-state index is 0.554. The fourth-order valence-corrected chi connectivity index (χ4v) is 2.22. The maximum absolute atomic E-state index is 4.38. The Morgan fingerprint density at radius 1 is 1.43 bits per heavy atom. The van der Waals surface area contributed by atoms with Gasteiger partial charge in [0.2, 0.25) is 0 Å². The highest BCUT2D eigenvalue weighted by molar-refractivity contribution is 9.10. The fraction of sp³-hybridized carbons (Fsp3) is 0.545. The van der Waals surface area contributed by atoms with Gasteiger partial charge in [0.15, 0.2) is 0 Å². The largest absolute Gasteiger partial charge is 0.260 e. The molecule has 1 rings (SSSR count). The fourth-order valence-electron chi connectivity index (χ4n) is 1.43. The molecule has 2 atom stereocenters. The first-order valence-corrected chi connectivity index (χ1v) is 6.58. The number of nitrogens with zero attached hydrogens (tertiary/aromatic N) is 1. The number of rotatable bonds is 4. The van der Waals surface area contributed by atoms with Gasteiger partial charge in [0.1, 0.15) is 0 Å². The number of halogens is 2. The zero-order valence-electron chi connectivity index (χ0n) is 8.50. The quantitative estimate of drug-likeness (QED) is 0.758. The normalized spacial score (nSPS) is 15.1. The second-order valence-corrected chi connectivity index (χ2v) is 5.88. The Kier molecular flexibility index (Phi) is 5.10. The molecule has 0 aromatic carbocycles. The van der Waals surface area contributed by atoms with Crippen molar-refractivity contribution >= 4 is 31.9 Å². The summed E-state index contributed by atoms with van der Waals surface area (Å²) in [6.45, 7) is 4.42. The van der Waals surface area contributed by atoms with Crippen molar-refractivity contribution < 1.29 is 0 Å². The molecule has 0 aliphatic rings. The number of aromatic nitrogens is 1. The van der Waals surface area contributed by atoms with Crippen molar-refractivity contribution in [2.45, 2.75) is 31.5 Å². The smallest absolute Gasteiger partial charge is 0.0413 e. The Balaban J connectivity index is 2.63. The van der Waals surface area contributed by atoms with Crippen LogP contribution in [0, 0.1) is 5.92 Å². The molecule has 0 saturated heterocycles. The van der Waals surface area contributed by atoms with Gasteiger partial charge in [-0.25, -0.2) is 0 Å². The van der Waals surface area contributed by atoms with Gasteiger partial charge in [-0.15, -0.1) is 0 Å². The molecular weight excluding hydrogens is 306 g/mol. The molecule has 0 aliphatic carbocycles. The summed E-state index contributed by atoms with van der Waals surface area (Å²) in [5.41, 5.74) is 1.17. The standard InChI is InChI=1S/C11H15Br2N/c1-3-9(8(2)12)6-11-5-4-10(13)7-14-11/h4-5,7-9H,3,6H2,1-2H3. The van der Waals surface area contributed by atoms with E-state index in [-0.39, 0.29) is 0 Å². The lowest BCUT2D eigenvalue weighted by atomic mass is 9.97. The van der Waals surface area contributed by atoms with E-state index in [1.54, 1.807) is 0 Å². The third-order valence-corrected chi connectivity index (χ3v) is 3.65. The summed E-state index contributed by atoms with van der Waals surface area (Å²) in [5, 5.41) is 0. The van der Waals surface area contributed by atoms with E-state index >= 15 is 0 Å². The predicted octanol–water partition coefficient (Wildman–Crippen LogP) is 4.20. The summed E-state index contributed by atoms with van der Waals surface area (Å²) < 4.78 is 1.04. The van der Waals surface area contributed by atoms with Gasteiger partial charge in [-0.2, -0.15) is 0 Å². The molecule has 1 aromatic heterocycles. The van der Waals surface area contributed by atoms with Crippen molar-refractivity contribution in [1.29, 1.82) is 0 Å². The Bertz CT molecular complexity index is 269. The van der Waals surface area contributed by atoms with Crippen molar-refractivity contribution in [3.05, 3.63) is 28.5 Å². The SMILES string of the molecule is CCC(Cc1ccc(Br)cn1)C(C)Br. The van der Waals surface area contributed by atoms with Crippen LogP contribution in [0.4, 0.5) is 0 Å². The lowest BCUT2D eigenvalue weighted by molar-refractivity contribution is 0.502. The average molecular weight is 321 g/mol. The second-order valence-electron chi connectivity index (χ2n) is 3.52. The summed E-state index contributed by atoms with van der Waals surface area (Å²) in [6.07, 6.45) is 4.10. The first kappa shape index (κ1) is 12.2. The van der Waals surface area contributed by atoms with Gasteiger partial charge in [-0.05, 0) is 40.4 Å². The molecule has 1 heterocycles. The highest BCUT2D eigenvalue weighted by Crippen LogP contribution is 2.20. The summed E-state index contributed by atoms with van der Waals surface area (Å²) in [4.78, 5) is 4.93. The highest BCUT2D eigenvalue weighted by Gasteiger charge is 2.13. The molecule has 2 unspecified atom stereocenters. The van der Waals surface area contributed by atoms with E-state index in [0.717, 1.165) is 10.9 Å². The van der Waals surface area contributed by atoms with Crippen LogP contribution >= 0.6 is 31.9 Å². The van der Waals surface area contributed by atoms with Crippen LogP contribution in [0.3, 0.4) is 0 Å². The van der Waals surface area contributed by atoms with Crippen LogP contribution in [0.1, 0.15) is 26.0 Å². The van der Waals surface area contributed by atoms with Crippen LogP contribution < -0.4 is 0 Å². The first-order valence-electron chi connectivity index (χ1n) is 4.88. The Labute approximate surface area is 103 Å². The van der Waals surface area contributed by atoms with Gasteiger partial charge >= 0.3 is 0 Å². The van der Waals surface area contributed by atoms with Crippen molar-refractivity contribution in [1.82, 2.24) is 4.98 Å². The molecule has 3 heteroatoms. The van der Waals surface area contributed by atoms with Crippen LogP contribution in [0.2, 0.25) is 0 Å². The molecular formula is C11H15Br2N. The summed E-state index contributed by atoms with van der Waals surface area (Å²) in [5.74, 6) is 0.670. The van der Waals surface area contributed by atoms with E-state index in [0.29, 0.717) is 10.7 Å². The maximum Gasteiger partial charge on any atom is 0.0413 e. The average Bonchev–Trinajstić information content (AvgIpc) is 2.16. The van der Waals surface area contributed by atoms with Crippen LogP contribution in [0.5, 0.6) is 0 Å². The number of hydrogen-bond donors (Lipinski definition) is 0. The minimum Gasteiger partial charge on any atom is -0.260 e. The molecule has 0 spiro atoms. The van der Waals surface area contributed by atoms with Crippen LogP contribution in [0.25, 0.3) is 0 Å². The molecule has 0 amide bonds. The molecule has 0 saturated carbocycles. The van der Waals surface area contributed by atoms with Gasteiger partial charge < -0.3 is 0 Å². The zero-order valence-corrected chi connectivity index (χ0v) is 11.7. The lowest BCUT2D eigenvalue weighted by Crippen LogP contribution is -2.13. The van der Waals surface area contributed by atoms with Gasteiger partial charge in [0.05, 0.1) is 0 Å². The van der Waals surface area contributed by atoms with E-state index in [1.165, 1.54) is 12.1 Å². The maximum atomic E-state index is 4.38. The van der Waals surface area contributed by atoms with Crippen LogP contribution in [-0.4, -0.2) is 9.81 Å². The molecule has 0 N–H and O–H groups in total. The van der Waals surface area contributed by atoms with Crippen molar-refractivity contribution in [2.24, 2.45) is 5.92 Å². The number of pyridine rings is 1. The molecule has 1 aromatic rings. The van der Waals surface area contributed by atoms with Gasteiger partial charge in [0, 0.05) is 21.2 Å². The molecule has 1 nitrogen and oxygen atoms in total. The summed E-state index contributed by atoms with van der Waals surface area (Å²) in [7, 11) is 0. The lowest BCUT2D eigenvalue weighted by Gasteiger charge is -2.16. The van der Waals surface area contributed by atoms with E-state index in [2.05, 4.69) is 56.8 Å². The van der Waals surface area contributed by atoms with Crippen LogP contribution in [0.15, 0.2) is 22.8 Å². The predicted molar refractivity (Wildman–Crippen MR) is 67.8 cm³/mol. The van der Waals surface area contributed by atoms with Crippen molar-refractivity contribution in [3.63, 3.8) is 0 Å². The van der Waals surface area contributed by atoms with E-state index < -0.39 is 0 Å². The molecule has 0 radical (unpaired) electrons. The number of alkyl halides is 1. The molecule has 0 aliphatic heterocycles. The molecule has 14 heavy (non-hydrogen) atoms. The highest BCUT2D eigenvalue weighted by atomic mass is 79.9. The van der Waals surface area contributed by atoms with E-state index in [4.69, 9.17) is 0 Å². The Hall–Kier alpha value is 0.110. The molecule has 0 fully saturated rings. The topological polar surface area (TPSA) is 12.9 Å². The third kappa shape index (κ3) is 3.70. The monoisotopic (exact) mass is 319 g/mol. The second kappa shape index (κ2) is 5.86. The van der Waals surface area contributed by atoms with Crippen LogP contribution in [-0.2, 0) is 6.42 Å². The van der Waals surface area contributed by atoms with Crippen molar-refractivity contribution in [2.75, 3.05) is 0 Å². The summed E-state index contributed by atoms with van der Waals surface area (Å²) in [6, 6.07) is 4.13. The summed E-state index contributed by atoms with van der Waals surface area (Å²) >= 11 is 7.02. The zero-order chi connectivity index (χ0) is 10.6. The van der Waals surface area contributed by atoms with Gasteiger partial charge in [0.25, 0.3) is 0 Å². The van der Waals surface area contributed by atoms with E-state index in [1.807, 2.05) is 12.3 Å². The minimum atomic E-state index is 0.554. The first-order chi connectivity index (χ1) is 6.63. The third-order valence-electron chi connectivity index (χ3n) is 2.43. The van der Waals surface area contributed by atoms with E-state index in [9.17, 15) is 0 Å². The number of hydrogen-bond acceptors (Lipinski definition) is 1. The molecule has 78 valence electrons. The van der Waals surface area contributed by atoms with Gasteiger partial charge in [-0.1, -0.05) is 36.2 Å². The Morgan fingerprint density at radius 2 is 2.14 bits per heavy atom. The van der Waals surface area contributed by atoms with Gasteiger partial charge in [-0.3, -0.25) is 4.98 Å². The Morgan fingerprint density at radius 3 is 2.57 bits per heavy atom.